The maximum atomic E-state index is 12.2. The van der Waals surface area contributed by atoms with Crippen molar-refractivity contribution in [2.45, 2.75) is 33.1 Å². The third-order valence-corrected chi connectivity index (χ3v) is 5.29. The number of anilines is 1. The number of thiazole rings is 1. The molecule has 1 amide bonds. The Morgan fingerprint density at radius 2 is 1.89 bits per heavy atom. The lowest BCUT2D eigenvalue weighted by Gasteiger charge is -2.18. The maximum absolute atomic E-state index is 12.2. The highest BCUT2D eigenvalue weighted by Gasteiger charge is 2.14. The lowest BCUT2D eigenvalue weighted by Crippen LogP contribution is -2.20. The van der Waals surface area contributed by atoms with Crippen LogP contribution < -0.4 is 10.1 Å². The molecular formula is C22H23ClN2O2S. The van der Waals surface area contributed by atoms with Crippen molar-refractivity contribution in [2.24, 2.45) is 0 Å². The fourth-order valence-corrected chi connectivity index (χ4v) is 3.64. The molecule has 1 aromatic heterocycles. The number of amides is 1. The van der Waals surface area contributed by atoms with Gasteiger partial charge in [-0.3, -0.25) is 10.1 Å². The largest absolute Gasteiger partial charge is 0.483 e. The number of carbonyl (C=O) groups excluding carboxylic acids is 1. The zero-order valence-electron chi connectivity index (χ0n) is 16.4. The van der Waals surface area contributed by atoms with Crippen molar-refractivity contribution < 1.29 is 9.53 Å². The van der Waals surface area contributed by atoms with Gasteiger partial charge in [-0.25, -0.2) is 4.98 Å². The Morgan fingerprint density at radius 3 is 2.54 bits per heavy atom. The minimum atomic E-state index is -0.252. The zero-order valence-corrected chi connectivity index (χ0v) is 17.9. The van der Waals surface area contributed by atoms with Crippen LogP contribution >= 0.6 is 22.9 Å². The van der Waals surface area contributed by atoms with E-state index in [0.717, 1.165) is 16.8 Å². The molecule has 3 rings (SSSR count). The standard InChI is InChI=1S/C22H23ClN2O2S/c1-14-11-17(23)9-10-19(14)27-12-20(26)25-21-24-18(13-28-21)15-5-7-16(8-6-15)22(2,3)4/h5-11,13H,12H2,1-4H3,(H,24,25,26). The molecule has 1 heterocycles. The monoisotopic (exact) mass is 414 g/mol. The van der Waals surface area contributed by atoms with Gasteiger partial charge < -0.3 is 4.74 Å². The van der Waals surface area contributed by atoms with E-state index < -0.39 is 0 Å². The number of aryl methyl sites for hydroxylation is 1. The van der Waals surface area contributed by atoms with Crippen molar-refractivity contribution in [1.29, 1.82) is 0 Å². The number of halogens is 1. The molecule has 3 aromatic rings. The number of hydrogen-bond acceptors (Lipinski definition) is 4. The van der Waals surface area contributed by atoms with Crippen LogP contribution in [-0.4, -0.2) is 17.5 Å². The van der Waals surface area contributed by atoms with Gasteiger partial charge in [0.15, 0.2) is 11.7 Å². The quantitative estimate of drug-likeness (QED) is 0.549. The number of aromatic nitrogens is 1. The first kappa shape index (κ1) is 20.4. The van der Waals surface area contributed by atoms with Crippen LogP contribution in [0.2, 0.25) is 5.02 Å². The summed E-state index contributed by atoms with van der Waals surface area (Å²) in [5.74, 6) is 0.386. The van der Waals surface area contributed by atoms with Crippen molar-refractivity contribution in [1.82, 2.24) is 4.98 Å². The lowest BCUT2D eigenvalue weighted by atomic mass is 9.86. The third-order valence-electron chi connectivity index (χ3n) is 4.29. The minimum absolute atomic E-state index is 0.0856. The highest BCUT2D eigenvalue weighted by atomic mass is 35.5. The Bertz CT molecular complexity index is 975. The van der Waals surface area contributed by atoms with E-state index in [2.05, 4.69) is 55.3 Å². The predicted octanol–water partition coefficient (Wildman–Crippen LogP) is 6.09. The second kappa shape index (κ2) is 8.33. The summed E-state index contributed by atoms with van der Waals surface area (Å²) in [6.07, 6.45) is 0. The van der Waals surface area contributed by atoms with E-state index in [0.29, 0.717) is 15.9 Å². The molecule has 0 saturated carbocycles. The summed E-state index contributed by atoms with van der Waals surface area (Å²) in [5, 5.41) is 5.91. The zero-order chi connectivity index (χ0) is 20.3. The molecule has 146 valence electrons. The summed E-state index contributed by atoms with van der Waals surface area (Å²) in [7, 11) is 0. The van der Waals surface area contributed by atoms with Crippen molar-refractivity contribution in [3.8, 4) is 17.0 Å². The molecule has 0 atom stereocenters. The van der Waals surface area contributed by atoms with Crippen LogP contribution in [0.1, 0.15) is 31.9 Å². The smallest absolute Gasteiger partial charge is 0.264 e. The van der Waals surface area contributed by atoms with Crippen LogP contribution in [0.25, 0.3) is 11.3 Å². The van der Waals surface area contributed by atoms with E-state index in [-0.39, 0.29) is 17.9 Å². The van der Waals surface area contributed by atoms with Crippen molar-refractivity contribution in [3.63, 3.8) is 0 Å². The summed E-state index contributed by atoms with van der Waals surface area (Å²) >= 11 is 7.32. The van der Waals surface area contributed by atoms with E-state index in [9.17, 15) is 4.79 Å². The molecule has 0 fully saturated rings. The summed E-state index contributed by atoms with van der Waals surface area (Å²) in [6.45, 7) is 8.36. The van der Waals surface area contributed by atoms with Gasteiger partial charge in [0.05, 0.1) is 5.69 Å². The molecule has 0 bridgehead atoms. The number of hydrogen-bond donors (Lipinski definition) is 1. The molecule has 28 heavy (non-hydrogen) atoms. The molecule has 0 aliphatic rings. The van der Waals surface area contributed by atoms with E-state index in [1.165, 1.54) is 16.9 Å². The summed E-state index contributed by atoms with van der Waals surface area (Å²) < 4.78 is 5.57. The van der Waals surface area contributed by atoms with Crippen LogP contribution in [0.5, 0.6) is 5.75 Å². The Balaban J connectivity index is 1.60. The molecule has 4 nitrogen and oxygen atoms in total. The van der Waals surface area contributed by atoms with Gasteiger partial charge in [-0.05, 0) is 41.7 Å². The molecule has 0 radical (unpaired) electrons. The topological polar surface area (TPSA) is 51.2 Å². The van der Waals surface area contributed by atoms with E-state index >= 15 is 0 Å². The fraction of sp³-hybridized carbons (Fsp3) is 0.273. The Hall–Kier alpha value is -2.37. The van der Waals surface area contributed by atoms with Gasteiger partial charge in [0.2, 0.25) is 0 Å². The van der Waals surface area contributed by atoms with Gasteiger partial charge in [0, 0.05) is 16.0 Å². The van der Waals surface area contributed by atoms with Gasteiger partial charge in [-0.15, -0.1) is 11.3 Å². The second-order valence-corrected chi connectivity index (χ2v) is 8.91. The first-order valence-corrected chi connectivity index (χ1v) is 10.2. The average Bonchev–Trinajstić information content (AvgIpc) is 3.09. The van der Waals surface area contributed by atoms with Crippen LogP contribution in [-0.2, 0) is 10.2 Å². The second-order valence-electron chi connectivity index (χ2n) is 7.61. The highest BCUT2D eigenvalue weighted by molar-refractivity contribution is 7.14. The first-order chi connectivity index (χ1) is 13.2. The number of benzene rings is 2. The average molecular weight is 415 g/mol. The minimum Gasteiger partial charge on any atom is -0.483 e. The molecule has 0 spiro atoms. The van der Waals surface area contributed by atoms with Gasteiger partial charge >= 0.3 is 0 Å². The molecule has 0 aliphatic heterocycles. The van der Waals surface area contributed by atoms with Crippen molar-refractivity contribution in [2.75, 3.05) is 11.9 Å². The Kier molecular flexibility index (Phi) is 6.06. The molecule has 0 unspecified atom stereocenters. The normalized spacial score (nSPS) is 11.3. The maximum Gasteiger partial charge on any atom is 0.264 e. The van der Waals surface area contributed by atoms with E-state index in [4.69, 9.17) is 16.3 Å². The van der Waals surface area contributed by atoms with Gasteiger partial charge in [0.1, 0.15) is 5.75 Å². The van der Waals surface area contributed by atoms with Crippen molar-refractivity contribution in [3.05, 3.63) is 64.0 Å². The molecule has 0 saturated heterocycles. The van der Waals surface area contributed by atoms with Gasteiger partial charge in [-0.2, -0.15) is 0 Å². The Labute approximate surface area is 174 Å². The van der Waals surface area contributed by atoms with Crippen LogP contribution in [0.4, 0.5) is 5.13 Å². The molecular weight excluding hydrogens is 392 g/mol. The summed E-state index contributed by atoms with van der Waals surface area (Å²) in [6, 6.07) is 13.7. The predicted molar refractivity (Wildman–Crippen MR) is 117 cm³/mol. The fourth-order valence-electron chi connectivity index (χ4n) is 2.68. The number of rotatable bonds is 5. The lowest BCUT2D eigenvalue weighted by molar-refractivity contribution is -0.118. The van der Waals surface area contributed by atoms with Crippen LogP contribution in [0.3, 0.4) is 0 Å². The van der Waals surface area contributed by atoms with Crippen LogP contribution in [0, 0.1) is 6.92 Å². The number of nitrogens with zero attached hydrogens (tertiary/aromatic N) is 1. The molecule has 2 aromatic carbocycles. The van der Waals surface area contributed by atoms with Gasteiger partial charge in [-0.1, -0.05) is 56.6 Å². The van der Waals surface area contributed by atoms with Crippen molar-refractivity contribution >= 4 is 34.0 Å². The molecule has 6 heteroatoms. The Morgan fingerprint density at radius 1 is 1.18 bits per heavy atom. The summed E-state index contributed by atoms with van der Waals surface area (Å²) in [5.41, 5.74) is 4.14. The highest BCUT2D eigenvalue weighted by Crippen LogP contribution is 2.28. The number of ether oxygens (including phenoxy) is 1. The molecule has 1 N–H and O–H groups in total. The third kappa shape index (κ3) is 5.12. The van der Waals surface area contributed by atoms with E-state index in [1.807, 2.05) is 12.3 Å². The summed E-state index contributed by atoms with van der Waals surface area (Å²) in [4.78, 5) is 16.7. The molecule has 0 aliphatic carbocycles. The number of nitrogens with one attached hydrogen (secondary N) is 1. The SMILES string of the molecule is Cc1cc(Cl)ccc1OCC(=O)Nc1nc(-c2ccc(C(C)(C)C)cc2)cs1. The van der Waals surface area contributed by atoms with Gasteiger partial charge in [0.25, 0.3) is 5.91 Å². The van der Waals surface area contributed by atoms with E-state index in [1.54, 1.807) is 18.2 Å². The van der Waals surface area contributed by atoms with Crippen LogP contribution in [0.15, 0.2) is 47.8 Å². The number of carbonyl (C=O) groups is 1. The first-order valence-electron chi connectivity index (χ1n) is 8.97.